The van der Waals surface area contributed by atoms with Crippen molar-refractivity contribution in [2.75, 3.05) is 11.9 Å². The van der Waals surface area contributed by atoms with Gasteiger partial charge in [0.25, 0.3) is 0 Å². The van der Waals surface area contributed by atoms with E-state index in [1.807, 2.05) is 31.5 Å². The molecule has 0 radical (unpaired) electrons. The third-order valence-corrected chi connectivity index (χ3v) is 11.8. The summed E-state index contributed by atoms with van der Waals surface area (Å²) in [4.78, 5) is 17.5. The highest BCUT2D eigenvalue weighted by Crippen LogP contribution is 2.42. The van der Waals surface area contributed by atoms with Crippen molar-refractivity contribution in [3.63, 3.8) is 0 Å². The van der Waals surface area contributed by atoms with Crippen molar-refractivity contribution < 1.29 is 0 Å². The van der Waals surface area contributed by atoms with E-state index in [1.165, 1.54) is 44.9 Å². The molecule has 4 heteroatoms. The van der Waals surface area contributed by atoms with Crippen LogP contribution in [0.3, 0.4) is 0 Å². The number of allylic oxidation sites excluding steroid dienone is 19. The fraction of sp³-hybridized carbons (Fsp3) is 0.241. The van der Waals surface area contributed by atoms with Gasteiger partial charge in [-0.25, -0.2) is 9.98 Å². The Hall–Kier alpha value is -6.13. The lowest BCUT2D eigenvalue weighted by atomic mass is 9.77. The van der Waals surface area contributed by atoms with E-state index in [1.54, 1.807) is 0 Å². The molecule has 3 unspecified atom stereocenters. The minimum Gasteiger partial charge on any atom is -0.315 e. The standard InChI is InChI=1S/C54H54N4/c1-39-20-19-31-51(54(55-3)57-53(44-27-15-7-16-28-44)56-38-41-21-9-4-10-22-41)52(39)50-33-32-48(34-40(50)2)58(47-29-17-8-18-30-47)49-36-45(42-23-11-5-12-24-42)35-46(37-49)43-25-13-6-14-26-43/h4-13,15-17,19-21,23,25,27-29,31-34,36-38,41-42,45H,14,18,22,24,26,30,35H2,1-3H3. The molecule has 5 aliphatic carbocycles. The molecule has 290 valence electrons. The third kappa shape index (κ3) is 8.87. The van der Waals surface area contributed by atoms with Crippen molar-refractivity contribution in [2.45, 2.75) is 58.8 Å². The summed E-state index contributed by atoms with van der Waals surface area (Å²) in [5.41, 5.74) is 13.4. The molecule has 0 spiro atoms. The van der Waals surface area contributed by atoms with Gasteiger partial charge < -0.3 is 4.90 Å². The maximum atomic E-state index is 5.21. The van der Waals surface area contributed by atoms with Crippen LogP contribution in [0.15, 0.2) is 201 Å². The second kappa shape index (κ2) is 18.4. The van der Waals surface area contributed by atoms with Crippen molar-refractivity contribution >= 4 is 23.6 Å². The molecule has 0 N–H and O–H groups in total. The fourth-order valence-electron chi connectivity index (χ4n) is 8.74. The van der Waals surface area contributed by atoms with Crippen molar-refractivity contribution in [3.8, 4) is 11.1 Å². The summed E-state index contributed by atoms with van der Waals surface area (Å²) in [6.07, 6.45) is 45.8. The monoisotopic (exact) mass is 758 g/mol. The van der Waals surface area contributed by atoms with Gasteiger partial charge in [0.1, 0.15) is 0 Å². The van der Waals surface area contributed by atoms with Gasteiger partial charge in [-0.3, -0.25) is 4.99 Å². The minimum absolute atomic E-state index is 0.233. The molecule has 0 amide bonds. The second-order valence-corrected chi connectivity index (χ2v) is 15.8. The first kappa shape index (κ1) is 38.7. The van der Waals surface area contributed by atoms with E-state index >= 15 is 0 Å². The van der Waals surface area contributed by atoms with E-state index in [9.17, 15) is 0 Å². The van der Waals surface area contributed by atoms with E-state index in [2.05, 4.69) is 164 Å². The summed E-state index contributed by atoms with van der Waals surface area (Å²) in [6.45, 7) is 4.44. The Morgan fingerprint density at radius 2 is 1.52 bits per heavy atom. The predicted molar refractivity (Wildman–Crippen MR) is 248 cm³/mol. The van der Waals surface area contributed by atoms with Crippen LogP contribution in [-0.2, 0) is 0 Å². The number of nitrogens with zero attached hydrogens (tertiary/aromatic N) is 4. The predicted octanol–water partition coefficient (Wildman–Crippen LogP) is 13.3. The quantitative estimate of drug-likeness (QED) is 0.158. The van der Waals surface area contributed by atoms with Crippen LogP contribution in [0.1, 0.15) is 67.2 Å². The number of anilines is 1. The highest BCUT2D eigenvalue weighted by Gasteiger charge is 2.28. The van der Waals surface area contributed by atoms with E-state index < -0.39 is 0 Å². The molecular formula is C54H54N4. The molecule has 3 aromatic rings. The zero-order valence-corrected chi connectivity index (χ0v) is 34.1. The first-order chi connectivity index (χ1) is 28.6. The molecule has 0 aromatic heterocycles. The molecule has 3 aromatic carbocycles. The van der Waals surface area contributed by atoms with Crippen LogP contribution in [0.4, 0.5) is 5.69 Å². The van der Waals surface area contributed by atoms with Crippen molar-refractivity contribution in [1.29, 1.82) is 0 Å². The van der Waals surface area contributed by atoms with E-state index in [-0.39, 0.29) is 5.92 Å². The average molecular weight is 759 g/mol. The topological polar surface area (TPSA) is 40.3 Å². The van der Waals surface area contributed by atoms with Gasteiger partial charge in [0.15, 0.2) is 11.7 Å². The highest BCUT2D eigenvalue weighted by atomic mass is 15.2. The minimum atomic E-state index is 0.233. The number of benzene rings is 3. The van der Waals surface area contributed by atoms with Gasteiger partial charge in [-0.05, 0) is 128 Å². The largest absolute Gasteiger partial charge is 0.315 e. The first-order valence-corrected chi connectivity index (χ1v) is 21.0. The maximum Gasteiger partial charge on any atom is 0.161 e. The van der Waals surface area contributed by atoms with Gasteiger partial charge in [0, 0.05) is 47.4 Å². The van der Waals surface area contributed by atoms with Crippen molar-refractivity contribution in [1.82, 2.24) is 0 Å². The van der Waals surface area contributed by atoms with Gasteiger partial charge in [-0.1, -0.05) is 140 Å². The van der Waals surface area contributed by atoms with E-state index in [4.69, 9.17) is 15.0 Å². The Balaban J connectivity index is 1.19. The summed E-state index contributed by atoms with van der Waals surface area (Å²) in [5.74, 6) is 2.46. The zero-order valence-electron chi connectivity index (χ0n) is 34.1. The molecular weight excluding hydrogens is 705 g/mol. The lowest BCUT2D eigenvalue weighted by Crippen LogP contribution is -2.26. The normalized spacial score (nSPS) is 21.9. The van der Waals surface area contributed by atoms with Gasteiger partial charge in [0.2, 0.25) is 0 Å². The van der Waals surface area contributed by atoms with Gasteiger partial charge in [0.05, 0.1) is 0 Å². The number of hydrogen-bond donors (Lipinski definition) is 0. The summed E-state index contributed by atoms with van der Waals surface area (Å²) < 4.78 is 0. The molecule has 3 atom stereocenters. The van der Waals surface area contributed by atoms with Crippen LogP contribution in [0, 0.1) is 31.6 Å². The molecule has 58 heavy (non-hydrogen) atoms. The Morgan fingerprint density at radius 3 is 2.22 bits per heavy atom. The summed E-state index contributed by atoms with van der Waals surface area (Å²) in [6, 6.07) is 23.7. The van der Waals surface area contributed by atoms with Crippen LogP contribution in [0.25, 0.3) is 11.1 Å². The Kier molecular flexibility index (Phi) is 12.3. The Labute approximate surface area is 345 Å². The molecule has 0 saturated carbocycles. The fourth-order valence-corrected chi connectivity index (χ4v) is 8.74. The summed E-state index contributed by atoms with van der Waals surface area (Å²) in [7, 11) is 1.83. The Bertz CT molecular complexity index is 2420. The molecule has 4 nitrogen and oxygen atoms in total. The SMILES string of the molecule is CN=C(N=C(N=CC1C=CC=CC1)c1ccccc1)c1cccc(C)c1-c1ccc(N(C2=CC(C3C=CC=CC3)CC(C3=CC=CCC3)=C2)C2=CC=CCC2)cc1C. The molecule has 0 aliphatic heterocycles. The molecule has 0 saturated heterocycles. The number of amidine groups is 2. The van der Waals surface area contributed by atoms with Crippen LogP contribution in [-0.4, -0.2) is 24.9 Å². The average Bonchev–Trinajstić information content (AvgIpc) is 3.28. The zero-order chi connectivity index (χ0) is 39.7. The highest BCUT2D eigenvalue weighted by molar-refractivity contribution is 6.15. The molecule has 8 rings (SSSR count). The smallest absolute Gasteiger partial charge is 0.161 e. The molecule has 0 fully saturated rings. The van der Waals surface area contributed by atoms with Crippen molar-refractivity contribution in [3.05, 3.63) is 209 Å². The van der Waals surface area contributed by atoms with Crippen molar-refractivity contribution in [2.24, 2.45) is 32.7 Å². The van der Waals surface area contributed by atoms with E-state index in [0.29, 0.717) is 23.5 Å². The van der Waals surface area contributed by atoms with Crippen LogP contribution in [0.5, 0.6) is 0 Å². The molecule has 5 aliphatic rings. The van der Waals surface area contributed by atoms with Crippen LogP contribution < -0.4 is 4.90 Å². The molecule has 0 bridgehead atoms. The summed E-state index contributed by atoms with van der Waals surface area (Å²) >= 11 is 0. The third-order valence-electron chi connectivity index (χ3n) is 11.8. The first-order valence-electron chi connectivity index (χ1n) is 21.0. The van der Waals surface area contributed by atoms with Gasteiger partial charge in [-0.2, -0.15) is 0 Å². The Morgan fingerprint density at radius 1 is 0.707 bits per heavy atom. The number of rotatable bonds is 9. The maximum absolute atomic E-state index is 5.21. The molecule has 0 heterocycles. The van der Waals surface area contributed by atoms with E-state index in [0.717, 1.165) is 61.6 Å². The second-order valence-electron chi connectivity index (χ2n) is 15.8. The van der Waals surface area contributed by atoms with Gasteiger partial charge in [-0.15, -0.1) is 0 Å². The van der Waals surface area contributed by atoms with Crippen LogP contribution in [0.2, 0.25) is 0 Å². The van der Waals surface area contributed by atoms with Crippen LogP contribution >= 0.6 is 0 Å². The lowest BCUT2D eigenvalue weighted by Gasteiger charge is -2.36. The number of hydrogen-bond acceptors (Lipinski definition) is 2. The number of aliphatic imine (C=N–C) groups is 3. The summed E-state index contributed by atoms with van der Waals surface area (Å²) in [5, 5.41) is 0. The number of aryl methyl sites for hydroxylation is 2. The lowest BCUT2D eigenvalue weighted by molar-refractivity contribution is 0.465. The van der Waals surface area contributed by atoms with Gasteiger partial charge >= 0.3 is 0 Å².